The fourth-order valence-corrected chi connectivity index (χ4v) is 1.85. The minimum Gasteiger partial charge on any atom is -0.313 e. The second kappa shape index (κ2) is 6.02. The molecule has 0 atom stereocenters. The number of carbonyl (C=O) groups is 1. The van der Waals surface area contributed by atoms with Crippen molar-refractivity contribution in [2.45, 2.75) is 59.3 Å². The summed E-state index contributed by atoms with van der Waals surface area (Å²) in [6.07, 6.45) is 7.21. The van der Waals surface area contributed by atoms with E-state index in [0.717, 1.165) is 18.7 Å². The SMILES string of the molecule is CC(C)(C)CCCCCCC1=NCC(=O)N1. The van der Waals surface area contributed by atoms with E-state index in [9.17, 15) is 4.79 Å². The van der Waals surface area contributed by atoms with Gasteiger partial charge < -0.3 is 5.32 Å². The van der Waals surface area contributed by atoms with Gasteiger partial charge in [-0.25, -0.2) is 0 Å². The van der Waals surface area contributed by atoms with Crippen molar-refractivity contribution >= 4 is 11.7 Å². The normalized spacial score (nSPS) is 16.2. The number of aliphatic imine (C=N–C) groups is 1. The van der Waals surface area contributed by atoms with E-state index in [-0.39, 0.29) is 5.91 Å². The summed E-state index contributed by atoms with van der Waals surface area (Å²) in [5.41, 5.74) is 0.462. The van der Waals surface area contributed by atoms with Crippen LogP contribution >= 0.6 is 0 Å². The third kappa shape index (κ3) is 5.89. The largest absolute Gasteiger partial charge is 0.313 e. The van der Waals surface area contributed by atoms with Gasteiger partial charge in [0.2, 0.25) is 5.91 Å². The average molecular weight is 224 g/mol. The Morgan fingerprint density at radius 1 is 1.19 bits per heavy atom. The first-order valence-electron chi connectivity index (χ1n) is 6.30. The molecular weight excluding hydrogens is 200 g/mol. The number of hydrogen-bond acceptors (Lipinski definition) is 2. The van der Waals surface area contributed by atoms with Crippen molar-refractivity contribution in [3.63, 3.8) is 0 Å². The van der Waals surface area contributed by atoms with Crippen LogP contribution in [0.15, 0.2) is 4.99 Å². The predicted molar refractivity (Wildman–Crippen MR) is 67.6 cm³/mol. The Morgan fingerprint density at radius 3 is 2.44 bits per heavy atom. The fraction of sp³-hybridized carbons (Fsp3) is 0.846. The average Bonchev–Trinajstić information content (AvgIpc) is 2.56. The van der Waals surface area contributed by atoms with Crippen LogP contribution in [0.4, 0.5) is 0 Å². The fourth-order valence-electron chi connectivity index (χ4n) is 1.85. The van der Waals surface area contributed by atoms with E-state index >= 15 is 0 Å². The van der Waals surface area contributed by atoms with Crippen LogP contribution in [0, 0.1) is 5.41 Å². The zero-order valence-electron chi connectivity index (χ0n) is 10.8. The molecule has 92 valence electrons. The van der Waals surface area contributed by atoms with Crippen molar-refractivity contribution in [1.29, 1.82) is 0 Å². The zero-order valence-corrected chi connectivity index (χ0v) is 10.8. The van der Waals surface area contributed by atoms with Gasteiger partial charge in [-0.2, -0.15) is 0 Å². The van der Waals surface area contributed by atoms with Gasteiger partial charge in [0.25, 0.3) is 0 Å². The molecule has 0 bridgehead atoms. The standard InChI is InChI=1S/C13H24N2O/c1-13(2,3)9-7-5-4-6-8-11-14-10-12(16)15-11/h4-10H2,1-3H3,(H,14,15,16). The lowest BCUT2D eigenvalue weighted by Crippen LogP contribution is -2.24. The molecule has 1 aliphatic rings. The lowest BCUT2D eigenvalue weighted by Gasteiger charge is -2.17. The number of nitrogens with zero attached hydrogens (tertiary/aromatic N) is 1. The van der Waals surface area contributed by atoms with Crippen LogP contribution < -0.4 is 5.32 Å². The van der Waals surface area contributed by atoms with Gasteiger partial charge in [0, 0.05) is 6.42 Å². The van der Waals surface area contributed by atoms with Gasteiger partial charge in [-0.15, -0.1) is 0 Å². The Labute approximate surface area is 98.7 Å². The minimum atomic E-state index is 0.0442. The highest BCUT2D eigenvalue weighted by molar-refractivity contribution is 6.03. The summed E-state index contributed by atoms with van der Waals surface area (Å²) < 4.78 is 0. The Bertz CT molecular complexity index is 264. The molecule has 1 rings (SSSR count). The minimum absolute atomic E-state index is 0.0442. The van der Waals surface area contributed by atoms with Gasteiger partial charge in [0.05, 0.1) is 0 Å². The Kier molecular flexibility index (Phi) is 4.97. The van der Waals surface area contributed by atoms with Gasteiger partial charge in [0.1, 0.15) is 12.4 Å². The second-order valence-corrected chi connectivity index (χ2v) is 5.79. The maximum atomic E-state index is 10.9. The third-order valence-electron chi connectivity index (χ3n) is 2.79. The van der Waals surface area contributed by atoms with E-state index in [1.165, 1.54) is 25.7 Å². The van der Waals surface area contributed by atoms with Crippen LogP contribution in [-0.4, -0.2) is 18.3 Å². The van der Waals surface area contributed by atoms with Gasteiger partial charge in [0.15, 0.2) is 0 Å². The number of hydrogen-bond donors (Lipinski definition) is 1. The highest BCUT2D eigenvalue weighted by atomic mass is 16.2. The molecule has 1 aliphatic heterocycles. The van der Waals surface area contributed by atoms with Gasteiger partial charge in [-0.3, -0.25) is 9.79 Å². The molecule has 0 spiro atoms. The van der Waals surface area contributed by atoms with Gasteiger partial charge in [-0.1, -0.05) is 40.0 Å². The van der Waals surface area contributed by atoms with E-state index in [2.05, 4.69) is 31.1 Å². The maximum absolute atomic E-state index is 10.9. The lowest BCUT2D eigenvalue weighted by molar-refractivity contribution is -0.117. The van der Waals surface area contributed by atoms with Crippen LogP contribution in [-0.2, 0) is 4.79 Å². The first-order valence-corrected chi connectivity index (χ1v) is 6.30. The highest BCUT2D eigenvalue weighted by Crippen LogP contribution is 2.22. The van der Waals surface area contributed by atoms with Gasteiger partial charge >= 0.3 is 0 Å². The molecule has 0 aromatic heterocycles. The molecule has 0 aliphatic carbocycles. The first kappa shape index (κ1) is 13.2. The van der Waals surface area contributed by atoms with E-state index in [1.807, 2.05) is 0 Å². The van der Waals surface area contributed by atoms with E-state index in [0.29, 0.717) is 12.0 Å². The molecule has 0 saturated carbocycles. The summed E-state index contributed by atoms with van der Waals surface area (Å²) in [5.74, 6) is 0.934. The first-order chi connectivity index (χ1) is 7.47. The second-order valence-electron chi connectivity index (χ2n) is 5.79. The molecule has 0 unspecified atom stereocenters. The van der Waals surface area contributed by atoms with E-state index < -0.39 is 0 Å². The van der Waals surface area contributed by atoms with Crippen molar-refractivity contribution < 1.29 is 4.79 Å². The number of amidine groups is 1. The molecule has 0 fully saturated rings. The number of nitrogens with one attached hydrogen (secondary N) is 1. The number of rotatable bonds is 6. The molecular formula is C13H24N2O. The molecule has 1 amide bonds. The van der Waals surface area contributed by atoms with Crippen molar-refractivity contribution in [2.24, 2.45) is 10.4 Å². The van der Waals surface area contributed by atoms with E-state index in [4.69, 9.17) is 0 Å². The van der Waals surface area contributed by atoms with Crippen LogP contribution in [0.3, 0.4) is 0 Å². The van der Waals surface area contributed by atoms with Crippen LogP contribution in [0.1, 0.15) is 59.3 Å². The third-order valence-corrected chi connectivity index (χ3v) is 2.79. The zero-order chi connectivity index (χ0) is 12.0. The Balaban J connectivity index is 1.95. The molecule has 1 heterocycles. The molecule has 0 aromatic carbocycles. The van der Waals surface area contributed by atoms with Crippen molar-refractivity contribution in [2.75, 3.05) is 6.54 Å². The number of unbranched alkanes of at least 4 members (excludes halogenated alkanes) is 3. The predicted octanol–water partition coefficient (Wildman–Crippen LogP) is 2.90. The molecule has 3 heteroatoms. The summed E-state index contributed by atoms with van der Waals surface area (Å²) in [6, 6.07) is 0. The van der Waals surface area contributed by atoms with Crippen molar-refractivity contribution in [3.05, 3.63) is 0 Å². The monoisotopic (exact) mass is 224 g/mol. The Morgan fingerprint density at radius 2 is 1.88 bits per heavy atom. The molecule has 1 N–H and O–H groups in total. The number of carbonyl (C=O) groups excluding carboxylic acids is 1. The lowest BCUT2D eigenvalue weighted by atomic mass is 9.89. The van der Waals surface area contributed by atoms with E-state index in [1.54, 1.807) is 0 Å². The molecule has 0 saturated heterocycles. The maximum Gasteiger partial charge on any atom is 0.246 e. The number of amides is 1. The Hall–Kier alpha value is -0.860. The highest BCUT2D eigenvalue weighted by Gasteiger charge is 2.12. The topological polar surface area (TPSA) is 41.5 Å². The smallest absolute Gasteiger partial charge is 0.246 e. The summed E-state index contributed by atoms with van der Waals surface area (Å²) >= 11 is 0. The molecule has 16 heavy (non-hydrogen) atoms. The molecule has 0 aromatic rings. The molecule has 3 nitrogen and oxygen atoms in total. The summed E-state index contributed by atoms with van der Waals surface area (Å²) in [5, 5.41) is 2.78. The van der Waals surface area contributed by atoms with Gasteiger partial charge in [-0.05, 0) is 18.3 Å². The van der Waals surface area contributed by atoms with Crippen molar-refractivity contribution in [1.82, 2.24) is 5.32 Å². The van der Waals surface area contributed by atoms with Crippen LogP contribution in [0.5, 0.6) is 0 Å². The summed E-state index contributed by atoms with van der Waals surface area (Å²) in [7, 11) is 0. The van der Waals surface area contributed by atoms with Crippen LogP contribution in [0.2, 0.25) is 0 Å². The summed E-state index contributed by atoms with van der Waals surface area (Å²) in [4.78, 5) is 15.0. The van der Waals surface area contributed by atoms with Crippen molar-refractivity contribution in [3.8, 4) is 0 Å². The van der Waals surface area contributed by atoms with Crippen LogP contribution in [0.25, 0.3) is 0 Å². The summed E-state index contributed by atoms with van der Waals surface area (Å²) in [6.45, 7) is 7.20. The molecule has 0 radical (unpaired) electrons. The quantitative estimate of drug-likeness (QED) is 0.692.